The number of aliphatic hydroxyl groups is 12. The highest BCUT2D eigenvalue weighted by Gasteiger charge is 2.45. The molecule has 480 valence electrons. The molecule has 1 heterocycles. The Kier molecular flexibility index (Phi) is 42.1. The Morgan fingerprint density at radius 1 is 0.565 bits per heavy atom. The number of hydrogen-bond donors (Lipinski definition) is 15. The van der Waals surface area contributed by atoms with Crippen molar-refractivity contribution in [1.82, 2.24) is 0 Å². The van der Waals surface area contributed by atoms with E-state index in [0.29, 0.717) is 31.5 Å². The molecule has 0 aliphatic carbocycles. The van der Waals surface area contributed by atoms with Crippen LogP contribution in [-0.4, -0.2) is 182 Å². The van der Waals surface area contributed by atoms with E-state index in [-0.39, 0.29) is 93.1 Å². The molecule has 0 bridgehead atoms. The van der Waals surface area contributed by atoms with Crippen molar-refractivity contribution in [3.63, 3.8) is 0 Å². The van der Waals surface area contributed by atoms with Crippen molar-refractivity contribution in [2.24, 2.45) is 39.2 Å². The Bertz CT molecular complexity index is 2260. The number of rotatable bonds is 46. The van der Waals surface area contributed by atoms with E-state index in [0.717, 1.165) is 12.8 Å². The highest BCUT2D eigenvalue weighted by atomic mass is 16.6. The monoisotopic (exact) mass is 1190 g/mol. The first-order chi connectivity index (χ1) is 40.3. The van der Waals surface area contributed by atoms with Crippen molar-refractivity contribution in [3.8, 4) is 0 Å². The average Bonchev–Trinajstić information content (AvgIpc) is 3.67. The van der Waals surface area contributed by atoms with Crippen LogP contribution in [0.15, 0.2) is 155 Å². The Hall–Kier alpha value is -5.23. The summed E-state index contributed by atoms with van der Waals surface area (Å²) in [5, 5.41) is 136. The second-order valence-corrected chi connectivity index (χ2v) is 22.5. The van der Waals surface area contributed by atoms with E-state index in [1.807, 2.05) is 114 Å². The van der Waals surface area contributed by atoms with E-state index < -0.39 is 91.4 Å². The first-order valence-corrected chi connectivity index (χ1v) is 30.0. The molecule has 1 rings (SSSR count). The zero-order chi connectivity index (χ0) is 63.7. The molecule has 0 aromatic heterocycles. The predicted octanol–water partition coefficient (Wildman–Crippen LogP) is 5.73. The smallest absolute Gasteiger partial charge is 0.331 e. The SMILES string of the molecule is CC(=CC=CC=CCCC=CC(C)C(O)C(C)C(O)C=CC=CC=CC=CC=CC=CCC(O)C(C)C(CC(O)CC(O)C=CCC(O)CC(O)CC(O)C1OC1CC(O)CC(O)C=CCC(O)CC(O)CCCN=C(N)N)=NC(C)C)C(=O)O. The number of carbonyl (C=O) groups is 1. The zero-order valence-electron chi connectivity index (χ0n) is 51.0. The van der Waals surface area contributed by atoms with Gasteiger partial charge in [0.2, 0.25) is 0 Å². The maximum atomic E-state index is 11.0. The lowest BCUT2D eigenvalue weighted by Gasteiger charge is -2.25. The Balaban J connectivity index is 2.43. The van der Waals surface area contributed by atoms with Gasteiger partial charge in [-0.2, -0.15) is 0 Å². The van der Waals surface area contributed by atoms with Gasteiger partial charge in [0, 0.05) is 73.7 Å². The lowest BCUT2D eigenvalue weighted by atomic mass is 9.88. The van der Waals surface area contributed by atoms with Crippen LogP contribution in [0.4, 0.5) is 0 Å². The van der Waals surface area contributed by atoms with Gasteiger partial charge in [-0.25, -0.2) is 4.79 Å². The molecular formula is C66H106N4O15. The van der Waals surface area contributed by atoms with Gasteiger partial charge in [0.15, 0.2) is 5.96 Å². The number of carboxylic acids is 1. The number of nitrogens with two attached hydrogens (primary N) is 2. The minimum atomic E-state index is -1.06. The Labute approximate surface area is 505 Å². The summed E-state index contributed by atoms with van der Waals surface area (Å²) < 4.78 is 5.53. The van der Waals surface area contributed by atoms with Crippen LogP contribution in [0.2, 0.25) is 0 Å². The number of allylic oxidation sites excluding steroid dienone is 16. The first-order valence-electron chi connectivity index (χ1n) is 30.0. The summed E-state index contributed by atoms with van der Waals surface area (Å²) in [6, 6.07) is -0.0898. The number of epoxide rings is 1. The van der Waals surface area contributed by atoms with Crippen LogP contribution in [0.1, 0.15) is 131 Å². The standard InChI is InChI=1S/C66H106N4O15/c1-45(2)70-58(48(5)59(79)35-23-19-15-10-8-7-9-11-16-20-24-36-60(80)49(6)63(82)46(3)28-21-17-13-12-14-18-22-29-47(4)65(83)84)42-55(76)39-51(72)31-26-32-52(73)40-56(77)43-61(81)64-62(85-64)44-57(78)41-53(74)33-25-30-50(71)38-54(75)34-27-37-69-66(67)68/h7-12,14-16,18-26,28-29,31,33,36,45-46,48-57,59-64,71-82H,13,17,27,30,32,34-35,37-44H2,1-6H3,(H,83,84)(H4,67,68,69). The lowest BCUT2D eigenvalue weighted by Crippen LogP contribution is -2.32. The van der Waals surface area contributed by atoms with Crippen molar-refractivity contribution >= 4 is 17.6 Å². The molecule has 17 atom stereocenters. The molecular weight excluding hydrogens is 1090 g/mol. The van der Waals surface area contributed by atoms with Gasteiger partial charge < -0.3 is 82.6 Å². The summed E-state index contributed by atoms with van der Waals surface area (Å²) in [7, 11) is 0. The summed E-state index contributed by atoms with van der Waals surface area (Å²) in [6.45, 7) is 11.3. The number of unbranched alkanes of at least 4 members (excludes halogenated alkanes) is 1. The number of aliphatic imine (C=N–C) groups is 2. The van der Waals surface area contributed by atoms with E-state index in [1.165, 1.54) is 25.2 Å². The number of carboxylic acid groups (broad SMARTS) is 1. The molecule has 0 amide bonds. The molecule has 17 unspecified atom stereocenters. The third-order valence-electron chi connectivity index (χ3n) is 14.0. The fraction of sp³-hybridized carbons (Fsp3) is 0.591. The molecule has 19 heteroatoms. The van der Waals surface area contributed by atoms with Crippen molar-refractivity contribution in [1.29, 1.82) is 0 Å². The highest BCUT2D eigenvalue weighted by molar-refractivity contribution is 5.87. The van der Waals surface area contributed by atoms with Crippen LogP contribution in [-0.2, 0) is 9.53 Å². The number of nitrogens with zero attached hydrogens (tertiary/aromatic N) is 2. The quantitative estimate of drug-likeness (QED) is 0.00658. The minimum Gasteiger partial charge on any atom is -0.478 e. The number of guanidine groups is 1. The third kappa shape index (κ3) is 40.0. The molecule has 0 aromatic carbocycles. The summed E-state index contributed by atoms with van der Waals surface area (Å²) in [5.41, 5.74) is 11.5. The molecule has 1 fully saturated rings. The molecule has 85 heavy (non-hydrogen) atoms. The van der Waals surface area contributed by atoms with Gasteiger partial charge in [0.1, 0.15) is 6.10 Å². The van der Waals surface area contributed by atoms with Crippen LogP contribution in [0.5, 0.6) is 0 Å². The second-order valence-electron chi connectivity index (χ2n) is 22.5. The summed E-state index contributed by atoms with van der Waals surface area (Å²) >= 11 is 0. The third-order valence-corrected chi connectivity index (χ3v) is 14.0. The van der Waals surface area contributed by atoms with Crippen LogP contribution in [0, 0.1) is 17.8 Å². The summed E-state index contributed by atoms with van der Waals surface area (Å²) in [5.74, 6) is -1.87. The first kappa shape index (κ1) is 77.8. The molecule has 0 saturated carbocycles. The normalized spacial score (nSPS) is 21.4. The van der Waals surface area contributed by atoms with Gasteiger partial charge in [-0.05, 0) is 78.6 Å². The van der Waals surface area contributed by atoms with E-state index in [4.69, 9.17) is 21.3 Å². The number of hydrogen-bond acceptors (Lipinski definition) is 16. The van der Waals surface area contributed by atoms with E-state index >= 15 is 0 Å². The van der Waals surface area contributed by atoms with E-state index in [2.05, 4.69) is 9.98 Å². The largest absolute Gasteiger partial charge is 0.478 e. The minimum absolute atomic E-state index is 0.00127. The second kappa shape index (κ2) is 46.0. The number of ether oxygens (including phenoxy) is 1. The van der Waals surface area contributed by atoms with Crippen LogP contribution < -0.4 is 11.5 Å². The summed E-state index contributed by atoms with van der Waals surface area (Å²) in [6.07, 6.45) is 32.2. The topological polar surface area (TPSA) is 369 Å². The predicted molar refractivity (Wildman–Crippen MR) is 338 cm³/mol. The molecule has 0 spiro atoms. The molecule has 1 aliphatic heterocycles. The van der Waals surface area contributed by atoms with Crippen molar-refractivity contribution in [2.75, 3.05) is 6.54 Å². The zero-order valence-corrected chi connectivity index (χ0v) is 51.0. The Morgan fingerprint density at radius 3 is 1.69 bits per heavy atom. The molecule has 0 aromatic rings. The van der Waals surface area contributed by atoms with Gasteiger partial charge in [-0.15, -0.1) is 0 Å². The van der Waals surface area contributed by atoms with Crippen LogP contribution in [0.25, 0.3) is 0 Å². The van der Waals surface area contributed by atoms with Gasteiger partial charge in [-0.3, -0.25) is 9.98 Å². The number of aliphatic hydroxyl groups excluding tert-OH is 12. The van der Waals surface area contributed by atoms with Crippen LogP contribution >= 0.6 is 0 Å². The van der Waals surface area contributed by atoms with Gasteiger partial charge in [0.05, 0.1) is 79.4 Å². The van der Waals surface area contributed by atoms with Gasteiger partial charge >= 0.3 is 5.97 Å². The van der Waals surface area contributed by atoms with Gasteiger partial charge in [-0.1, -0.05) is 161 Å². The van der Waals surface area contributed by atoms with E-state index in [9.17, 15) is 66.1 Å². The van der Waals surface area contributed by atoms with Crippen LogP contribution in [0.3, 0.4) is 0 Å². The number of aliphatic carboxylic acids is 1. The van der Waals surface area contributed by atoms with E-state index in [1.54, 1.807) is 42.5 Å². The fourth-order valence-corrected chi connectivity index (χ4v) is 8.94. The summed E-state index contributed by atoms with van der Waals surface area (Å²) in [4.78, 5) is 19.3. The maximum absolute atomic E-state index is 11.0. The molecule has 1 saturated heterocycles. The highest BCUT2D eigenvalue weighted by Crippen LogP contribution is 2.33. The average molecular weight is 1200 g/mol. The maximum Gasteiger partial charge on any atom is 0.331 e. The Morgan fingerprint density at radius 2 is 1.11 bits per heavy atom. The molecule has 1 aliphatic rings. The molecule has 19 nitrogen and oxygen atoms in total. The van der Waals surface area contributed by atoms with Crippen molar-refractivity contribution < 1.29 is 75.9 Å². The lowest BCUT2D eigenvalue weighted by molar-refractivity contribution is -0.132. The van der Waals surface area contributed by atoms with Crippen molar-refractivity contribution in [3.05, 3.63) is 145 Å². The van der Waals surface area contributed by atoms with Gasteiger partial charge in [0.25, 0.3) is 0 Å². The molecule has 0 radical (unpaired) electrons. The van der Waals surface area contributed by atoms with Crippen molar-refractivity contribution in [2.45, 2.75) is 223 Å². The fourth-order valence-electron chi connectivity index (χ4n) is 8.94. The molecule has 17 N–H and O–H groups in total.